The van der Waals surface area contributed by atoms with Crippen LogP contribution in [0.25, 0.3) is 0 Å². The van der Waals surface area contributed by atoms with Gasteiger partial charge >= 0.3 is 0 Å². The molecule has 1 aromatic rings. The van der Waals surface area contributed by atoms with Crippen LogP contribution in [0, 0.1) is 16.7 Å². The van der Waals surface area contributed by atoms with Crippen molar-refractivity contribution in [1.29, 1.82) is 5.26 Å². The maximum atomic E-state index is 12.0. The van der Waals surface area contributed by atoms with Crippen LogP contribution in [-0.4, -0.2) is 9.96 Å². The van der Waals surface area contributed by atoms with Gasteiger partial charge in [-0.25, -0.2) is 0 Å². The van der Waals surface area contributed by atoms with E-state index in [0.717, 1.165) is 4.88 Å². The molecule has 0 aliphatic heterocycles. The summed E-state index contributed by atoms with van der Waals surface area (Å²) in [6.45, 7) is 5.77. The SMILES string of the molecule is C[C@H](c1cccs1)[S@@](=O)CCC(C)(C)C#N. The fourth-order valence-corrected chi connectivity index (χ4v) is 3.79. The minimum atomic E-state index is -0.883. The van der Waals surface area contributed by atoms with E-state index in [1.54, 1.807) is 11.3 Å². The average Bonchev–Trinajstić information content (AvgIpc) is 2.78. The lowest BCUT2D eigenvalue weighted by atomic mass is 9.93. The summed E-state index contributed by atoms with van der Waals surface area (Å²) in [4.78, 5) is 1.16. The Bertz CT molecular complexity index is 390. The van der Waals surface area contributed by atoms with Gasteiger partial charge in [-0.2, -0.15) is 5.26 Å². The molecule has 0 aliphatic rings. The van der Waals surface area contributed by atoms with E-state index < -0.39 is 10.8 Å². The molecule has 88 valence electrons. The second-order valence-corrected chi connectivity index (χ2v) is 7.34. The molecular weight excluding hydrogens is 238 g/mol. The Morgan fingerprint density at radius 1 is 1.62 bits per heavy atom. The van der Waals surface area contributed by atoms with Crippen molar-refractivity contribution >= 4 is 22.1 Å². The van der Waals surface area contributed by atoms with Gasteiger partial charge in [0.2, 0.25) is 0 Å². The van der Waals surface area contributed by atoms with E-state index in [-0.39, 0.29) is 10.7 Å². The number of hydrogen-bond acceptors (Lipinski definition) is 3. The number of nitrogens with zero attached hydrogens (tertiary/aromatic N) is 1. The van der Waals surface area contributed by atoms with Crippen molar-refractivity contribution in [1.82, 2.24) is 0 Å². The molecule has 0 spiro atoms. The van der Waals surface area contributed by atoms with Crippen LogP contribution in [0.4, 0.5) is 0 Å². The van der Waals surface area contributed by atoms with Crippen LogP contribution >= 0.6 is 11.3 Å². The van der Waals surface area contributed by atoms with Crippen molar-refractivity contribution < 1.29 is 4.21 Å². The lowest BCUT2D eigenvalue weighted by molar-refractivity contribution is 0.478. The smallest absolute Gasteiger partial charge is 0.0684 e. The monoisotopic (exact) mass is 255 g/mol. The normalized spacial score (nSPS) is 15.4. The van der Waals surface area contributed by atoms with Gasteiger partial charge in [-0.15, -0.1) is 11.3 Å². The number of rotatable bonds is 5. The second-order valence-electron chi connectivity index (χ2n) is 4.49. The Hall–Kier alpha value is -0.660. The number of thiophene rings is 1. The van der Waals surface area contributed by atoms with Crippen LogP contribution in [-0.2, 0) is 10.8 Å². The van der Waals surface area contributed by atoms with Crippen molar-refractivity contribution in [3.63, 3.8) is 0 Å². The Morgan fingerprint density at radius 3 is 2.81 bits per heavy atom. The molecule has 0 saturated heterocycles. The summed E-state index contributed by atoms with van der Waals surface area (Å²) < 4.78 is 12.0. The molecule has 16 heavy (non-hydrogen) atoms. The van der Waals surface area contributed by atoms with Gasteiger partial charge in [0.25, 0.3) is 0 Å². The summed E-state index contributed by atoms with van der Waals surface area (Å²) in [7, 11) is -0.883. The first-order chi connectivity index (χ1) is 7.46. The number of hydrogen-bond donors (Lipinski definition) is 0. The molecule has 1 rings (SSSR count). The maximum absolute atomic E-state index is 12.0. The molecular formula is C12H17NOS2. The predicted molar refractivity (Wildman–Crippen MR) is 69.8 cm³/mol. The van der Waals surface area contributed by atoms with E-state index in [0.29, 0.717) is 12.2 Å². The Balaban J connectivity index is 2.51. The molecule has 1 heterocycles. The summed E-state index contributed by atoms with van der Waals surface area (Å²) in [6.07, 6.45) is 0.686. The van der Waals surface area contributed by atoms with E-state index in [1.807, 2.05) is 38.3 Å². The molecule has 0 bridgehead atoms. The first-order valence-electron chi connectivity index (χ1n) is 5.28. The van der Waals surface area contributed by atoms with Crippen molar-refractivity contribution in [2.75, 3.05) is 5.75 Å². The molecule has 0 amide bonds. The van der Waals surface area contributed by atoms with Gasteiger partial charge in [-0.1, -0.05) is 6.07 Å². The van der Waals surface area contributed by atoms with Crippen LogP contribution in [0.2, 0.25) is 0 Å². The van der Waals surface area contributed by atoms with E-state index in [2.05, 4.69) is 6.07 Å². The van der Waals surface area contributed by atoms with E-state index in [1.165, 1.54) is 0 Å². The Labute approximate surface area is 104 Å². The molecule has 0 fully saturated rings. The molecule has 1 aromatic heterocycles. The van der Waals surface area contributed by atoms with Gasteiger partial charge in [0.15, 0.2) is 0 Å². The third kappa shape index (κ3) is 3.73. The molecule has 2 atom stereocenters. The van der Waals surface area contributed by atoms with E-state index >= 15 is 0 Å². The van der Waals surface area contributed by atoms with Crippen molar-refractivity contribution in [2.24, 2.45) is 5.41 Å². The Morgan fingerprint density at radius 2 is 2.31 bits per heavy atom. The highest BCUT2D eigenvalue weighted by Gasteiger charge is 2.21. The van der Waals surface area contributed by atoms with Gasteiger partial charge in [0, 0.05) is 21.4 Å². The van der Waals surface area contributed by atoms with Gasteiger partial charge in [-0.3, -0.25) is 4.21 Å². The first-order valence-corrected chi connectivity index (χ1v) is 7.54. The maximum Gasteiger partial charge on any atom is 0.0684 e. The van der Waals surface area contributed by atoms with Crippen molar-refractivity contribution in [3.05, 3.63) is 22.4 Å². The van der Waals surface area contributed by atoms with Crippen LogP contribution in [0.15, 0.2) is 17.5 Å². The molecule has 2 nitrogen and oxygen atoms in total. The fraction of sp³-hybridized carbons (Fsp3) is 0.583. The zero-order valence-corrected chi connectivity index (χ0v) is 11.5. The van der Waals surface area contributed by atoms with Crippen LogP contribution in [0.1, 0.15) is 37.3 Å². The highest BCUT2D eigenvalue weighted by Crippen LogP contribution is 2.26. The number of nitriles is 1. The minimum absolute atomic E-state index is 0.0782. The Kier molecular flexibility index (Phi) is 4.69. The minimum Gasteiger partial charge on any atom is -0.259 e. The van der Waals surface area contributed by atoms with Crippen LogP contribution in [0.3, 0.4) is 0 Å². The molecule has 0 radical (unpaired) electrons. The molecule has 0 aromatic carbocycles. The first kappa shape index (κ1) is 13.4. The topological polar surface area (TPSA) is 40.9 Å². The van der Waals surface area contributed by atoms with Crippen LogP contribution in [0.5, 0.6) is 0 Å². The lowest BCUT2D eigenvalue weighted by Gasteiger charge is -2.16. The van der Waals surface area contributed by atoms with Crippen molar-refractivity contribution in [2.45, 2.75) is 32.4 Å². The highest BCUT2D eigenvalue weighted by molar-refractivity contribution is 7.85. The largest absolute Gasteiger partial charge is 0.259 e. The van der Waals surface area contributed by atoms with Gasteiger partial charge in [0.1, 0.15) is 0 Å². The predicted octanol–water partition coefficient (Wildman–Crippen LogP) is 3.50. The van der Waals surface area contributed by atoms with Crippen molar-refractivity contribution in [3.8, 4) is 6.07 Å². The fourth-order valence-electron chi connectivity index (χ4n) is 1.24. The third-order valence-corrected chi connectivity index (χ3v) is 5.42. The molecule has 4 heteroatoms. The average molecular weight is 255 g/mol. The quantitative estimate of drug-likeness (QED) is 0.808. The molecule has 0 aliphatic carbocycles. The second kappa shape index (κ2) is 5.60. The standard InChI is InChI=1S/C12H17NOS2/c1-10(11-5-4-7-15-11)16(14)8-6-12(2,3)9-13/h4-5,7,10H,6,8H2,1-3H3/t10-,16+/m1/s1. The zero-order valence-electron chi connectivity index (χ0n) is 9.90. The summed E-state index contributed by atoms with van der Waals surface area (Å²) in [6, 6.07) is 6.23. The lowest BCUT2D eigenvalue weighted by Crippen LogP contribution is -2.15. The molecule has 0 N–H and O–H groups in total. The van der Waals surface area contributed by atoms with Crippen LogP contribution < -0.4 is 0 Å². The summed E-state index contributed by atoms with van der Waals surface area (Å²) >= 11 is 1.64. The van der Waals surface area contributed by atoms with Gasteiger partial charge in [0.05, 0.1) is 16.7 Å². The summed E-state index contributed by atoms with van der Waals surface area (Å²) in [5.41, 5.74) is -0.370. The van der Waals surface area contributed by atoms with E-state index in [4.69, 9.17) is 5.26 Å². The summed E-state index contributed by atoms with van der Waals surface area (Å²) in [5.74, 6) is 0.597. The van der Waals surface area contributed by atoms with Gasteiger partial charge < -0.3 is 0 Å². The summed E-state index contributed by atoms with van der Waals surface area (Å²) in [5, 5.41) is 11.0. The highest BCUT2D eigenvalue weighted by atomic mass is 32.2. The zero-order chi connectivity index (χ0) is 12.2. The van der Waals surface area contributed by atoms with E-state index in [9.17, 15) is 4.21 Å². The molecule has 0 saturated carbocycles. The third-order valence-electron chi connectivity index (χ3n) is 2.57. The molecule has 0 unspecified atom stereocenters. The van der Waals surface area contributed by atoms with Gasteiger partial charge in [-0.05, 0) is 38.6 Å².